The SMILES string of the molecule is CCC(C)Cc1nc(O)c(-c2ccc(Br)cc2)c(=O)[nH]1. The van der Waals surface area contributed by atoms with E-state index in [0.717, 1.165) is 10.9 Å². The summed E-state index contributed by atoms with van der Waals surface area (Å²) in [6.45, 7) is 4.17. The Kier molecular flexibility index (Phi) is 4.60. The van der Waals surface area contributed by atoms with E-state index < -0.39 is 0 Å². The number of aromatic amines is 1. The zero-order valence-electron chi connectivity index (χ0n) is 11.5. The minimum Gasteiger partial charge on any atom is -0.493 e. The molecule has 106 valence electrons. The maximum atomic E-state index is 12.1. The second kappa shape index (κ2) is 6.22. The molecule has 2 N–H and O–H groups in total. The third kappa shape index (κ3) is 3.28. The van der Waals surface area contributed by atoms with Crippen LogP contribution in [0, 0.1) is 5.92 Å². The van der Waals surface area contributed by atoms with Gasteiger partial charge in [-0.1, -0.05) is 48.3 Å². The molecule has 4 nitrogen and oxygen atoms in total. The number of halogens is 1. The van der Waals surface area contributed by atoms with Gasteiger partial charge in [0.2, 0.25) is 5.88 Å². The summed E-state index contributed by atoms with van der Waals surface area (Å²) >= 11 is 3.34. The number of hydrogen-bond acceptors (Lipinski definition) is 3. The van der Waals surface area contributed by atoms with Gasteiger partial charge in [0.1, 0.15) is 11.4 Å². The highest BCUT2D eigenvalue weighted by Crippen LogP contribution is 2.25. The van der Waals surface area contributed by atoms with Crippen LogP contribution in [0.15, 0.2) is 33.5 Å². The van der Waals surface area contributed by atoms with Gasteiger partial charge in [-0.25, -0.2) is 0 Å². The summed E-state index contributed by atoms with van der Waals surface area (Å²) in [6.07, 6.45) is 1.65. The average molecular weight is 337 g/mol. The van der Waals surface area contributed by atoms with Crippen molar-refractivity contribution in [1.29, 1.82) is 0 Å². The molecule has 1 aromatic carbocycles. The molecular weight excluding hydrogens is 320 g/mol. The van der Waals surface area contributed by atoms with Crippen molar-refractivity contribution < 1.29 is 5.11 Å². The number of nitrogens with one attached hydrogen (secondary N) is 1. The molecule has 0 spiro atoms. The Labute approximate surface area is 126 Å². The Hall–Kier alpha value is -1.62. The van der Waals surface area contributed by atoms with Crippen molar-refractivity contribution in [3.8, 4) is 17.0 Å². The van der Waals surface area contributed by atoms with Gasteiger partial charge in [0.25, 0.3) is 5.56 Å². The molecule has 1 atom stereocenters. The van der Waals surface area contributed by atoms with E-state index in [-0.39, 0.29) is 17.0 Å². The van der Waals surface area contributed by atoms with Crippen LogP contribution in [0.2, 0.25) is 0 Å². The first-order valence-electron chi connectivity index (χ1n) is 6.59. The lowest BCUT2D eigenvalue weighted by atomic mass is 10.0. The third-order valence-electron chi connectivity index (χ3n) is 3.32. The van der Waals surface area contributed by atoms with Gasteiger partial charge in [-0.2, -0.15) is 4.98 Å². The smallest absolute Gasteiger partial charge is 0.262 e. The van der Waals surface area contributed by atoms with Gasteiger partial charge in [0.05, 0.1) is 0 Å². The first kappa shape index (κ1) is 14.8. The minimum absolute atomic E-state index is 0.213. The zero-order chi connectivity index (χ0) is 14.7. The van der Waals surface area contributed by atoms with Gasteiger partial charge >= 0.3 is 0 Å². The van der Waals surface area contributed by atoms with Crippen molar-refractivity contribution in [1.82, 2.24) is 9.97 Å². The molecule has 1 heterocycles. The maximum absolute atomic E-state index is 12.1. The molecule has 0 radical (unpaired) electrons. The van der Waals surface area contributed by atoms with Crippen LogP contribution in [0.5, 0.6) is 5.88 Å². The van der Waals surface area contributed by atoms with Crippen LogP contribution in [-0.4, -0.2) is 15.1 Å². The summed E-state index contributed by atoms with van der Waals surface area (Å²) in [7, 11) is 0. The van der Waals surface area contributed by atoms with Crippen molar-refractivity contribution >= 4 is 15.9 Å². The van der Waals surface area contributed by atoms with Crippen LogP contribution in [0.3, 0.4) is 0 Å². The normalized spacial score (nSPS) is 12.3. The largest absolute Gasteiger partial charge is 0.493 e. The third-order valence-corrected chi connectivity index (χ3v) is 3.85. The van der Waals surface area contributed by atoms with E-state index in [1.54, 1.807) is 12.1 Å². The molecule has 2 aromatic rings. The molecule has 0 aliphatic heterocycles. The second-order valence-corrected chi connectivity index (χ2v) is 5.85. The van der Waals surface area contributed by atoms with E-state index in [2.05, 4.69) is 39.7 Å². The van der Waals surface area contributed by atoms with E-state index >= 15 is 0 Å². The van der Waals surface area contributed by atoms with Crippen LogP contribution in [0.25, 0.3) is 11.1 Å². The molecule has 0 saturated carbocycles. The minimum atomic E-state index is -0.307. The molecule has 1 aromatic heterocycles. The molecule has 0 bridgehead atoms. The summed E-state index contributed by atoms with van der Waals surface area (Å²) in [6, 6.07) is 7.18. The van der Waals surface area contributed by atoms with Crippen molar-refractivity contribution in [2.45, 2.75) is 26.7 Å². The topological polar surface area (TPSA) is 66.0 Å². The van der Waals surface area contributed by atoms with Gasteiger partial charge < -0.3 is 10.1 Å². The molecule has 1 unspecified atom stereocenters. The fourth-order valence-corrected chi connectivity index (χ4v) is 2.22. The number of aromatic nitrogens is 2. The lowest BCUT2D eigenvalue weighted by Crippen LogP contribution is -2.15. The van der Waals surface area contributed by atoms with E-state index in [4.69, 9.17) is 0 Å². The number of rotatable bonds is 4. The van der Waals surface area contributed by atoms with Gasteiger partial charge in [0, 0.05) is 10.9 Å². The molecule has 2 rings (SSSR count). The fraction of sp³-hybridized carbons (Fsp3) is 0.333. The van der Waals surface area contributed by atoms with Crippen LogP contribution in [-0.2, 0) is 6.42 Å². The van der Waals surface area contributed by atoms with Gasteiger partial charge in [-0.05, 0) is 23.6 Å². The van der Waals surface area contributed by atoms with Crippen molar-refractivity contribution in [2.24, 2.45) is 5.92 Å². The number of hydrogen-bond donors (Lipinski definition) is 2. The molecule has 0 fully saturated rings. The Morgan fingerprint density at radius 1 is 1.35 bits per heavy atom. The van der Waals surface area contributed by atoms with E-state index in [0.29, 0.717) is 23.7 Å². The van der Waals surface area contributed by atoms with Crippen LogP contribution in [0.4, 0.5) is 0 Å². The Bertz CT molecular complexity index is 650. The van der Waals surface area contributed by atoms with Crippen molar-refractivity contribution in [2.75, 3.05) is 0 Å². The highest BCUT2D eigenvalue weighted by atomic mass is 79.9. The molecule has 20 heavy (non-hydrogen) atoms. The number of nitrogens with zero attached hydrogens (tertiary/aromatic N) is 1. The molecule has 5 heteroatoms. The number of H-pyrrole nitrogens is 1. The van der Waals surface area contributed by atoms with E-state index in [9.17, 15) is 9.90 Å². The average Bonchev–Trinajstić information content (AvgIpc) is 2.40. The van der Waals surface area contributed by atoms with Crippen LogP contribution >= 0.6 is 15.9 Å². The Balaban J connectivity index is 2.41. The highest BCUT2D eigenvalue weighted by molar-refractivity contribution is 9.10. The maximum Gasteiger partial charge on any atom is 0.262 e. The van der Waals surface area contributed by atoms with Crippen molar-refractivity contribution in [3.05, 3.63) is 44.9 Å². The van der Waals surface area contributed by atoms with Gasteiger partial charge in [-0.3, -0.25) is 4.79 Å². The summed E-state index contributed by atoms with van der Waals surface area (Å²) < 4.78 is 0.915. The van der Waals surface area contributed by atoms with Crippen LogP contribution in [0.1, 0.15) is 26.1 Å². The summed E-state index contributed by atoms with van der Waals surface area (Å²) in [4.78, 5) is 19.0. The molecule has 0 saturated heterocycles. The first-order chi connectivity index (χ1) is 9.51. The quantitative estimate of drug-likeness (QED) is 0.897. The van der Waals surface area contributed by atoms with Gasteiger partial charge in [0.15, 0.2) is 0 Å². The predicted octanol–water partition coefficient (Wildman–Crippen LogP) is 3.49. The Morgan fingerprint density at radius 3 is 2.55 bits per heavy atom. The molecular formula is C15H17BrN2O2. The highest BCUT2D eigenvalue weighted by Gasteiger charge is 2.14. The van der Waals surface area contributed by atoms with E-state index in [1.165, 1.54) is 0 Å². The summed E-state index contributed by atoms with van der Waals surface area (Å²) in [5, 5.41) is 10.0. The molecule has 0 aliphatic carbocycles. The lowest BCUT2D eigenvalue weighted by Gasteiger charge is -2.09. The van der Waals surface area contributed by atoms with Crippen LogP contribution < -0.4 is 5.56 Å². The predicted molar refractivity (Wildman–Crippen MR) is 82.8 cm³/mol. The number of benzene rings is 1. The van der Waals surface area contributed by atoms with E-state index in [1.807, 2.05) is 12.1 Å². The standard InChI is InChI=1S/C15H17BrN2O2/c1-3-9(2)8-12-17-14(19)13(15(20)18-12)10-4-6-11(16)7-5-10/h4-7,9H,3,8H2,1-2H3,(H2,17,18,19,20). The molecule has 0 aliphatic rings. The number of aromatic hydroxyl groups is 1. The first-order valence-corrected chi connectivity index (χ1v) is 7.38. The Morgan fingerprint density at radius 2 is 2.00 bits per heavy atom. The van der Waals surface area contributed by atoms with Crippen molar-refractivity contribution in [3.63, 3.8) is 0 Å². The summed E-state index contributed by atoms with van der Waals surface area (Å²) in [5.41, 5.74) is 0.554. The lowest BCUT2D eigenvalue weighted by molar-refractivity contribution is 0.445. The second-order valence-electron chi connectivity index (χ2n) is 4.94. The zero-order valence-corrected chi connectivity index (χ0v) is 13.1. The fourth-order valence-electron chi connectivity index (χ4n) is 1.95. The molecule has 0 amide bonds. The monoisotopic (exact) mass is 336 g/mol. The van der Waals surface area contributed by atoms with Gasteiger partial charge in [-0.15, -0.1) is 0 Å². The summed E-state index contributed by atoms with van der Waals surface area (Å²) in [5.74, 6) is 0.730.